The van der Waals surface area contributed by atoms with Gasteiger partial charge in [-0.25, -0.2) is 0 Å². The quantitative estimate of drug-likeness (QED) is 0.892. The summed E-state index contributed by atoms with van der Waals surface area (Å²) in [5, 5.41) is 1.29. The summed E-state index contributed by atoms with van der Waals surface area (Å²) in [5.41, 5.74) is 3.82. The summed E-state index contributed by atoms with van der Waals surface area (Å²) >= 11 is 0. The van der Waals surface area contributed by atoms with Crippen LogP contribution in [0.25, 0.3) is 10.9 Å². The number of hydrogen-bond acceptors (Lipinski definition) is 2. The van der Waals surface area contributed by atoms with E-state index in [2.05, 4.69) is 56.0 Å². The van der Waals surface area contributed by atoms with Crippen molar-refractivity contribution in [3.63, 3.8) is 0 Å². The Morgan fingerprint density at radius 1 is 1.32 bits per heavy atom. The second-order valence-electron chi connectivity index (χ2n) is 5.51. The summed E-state index contributed by atoms with van der Waals surface area (Å²) in [6.07, 6.45) is 3.19. The fourth-order valence-electron chi connectivity index (χ4n) is 2.32. The van der Waals surface area contributed by atoms with Crippen molar-refractivity contribution >= 4 is 10.9 Å². The lowest BCUT2D eigenvalue weighted by Gasteiger charge is -2.20. The molecule has 104 valence electrons. The van der Waals surface area contributed by atoms with Crippen LogP contribution in [0.5, 0.6) is 5.75 Å². The van der Waals surface area contributed by atoms with Gasteiger partial charge in [-0.1, -0.05) is 0 Å². The molecular formula is C16H24N2O. The zero-order chi connectivity index (χ0) is 14.0. The fourth-order valence-corrected chi connectivity index (χ4v) is 2.32. The first-order chi connectivity index (χ1) is 9.02. The van der Waals surface area contributed by atoms with Gasteiger partial charge in [0.05, 0.1) is 7.11 Å². The molecule has 2 aromatic rings. The molecule has 19 heavy (non-hydrogen) atoms. The molecule has 0 aliphatic heterocycles. The Labute approximate surface area is 115 Å². The maximum atomic E-state index is 5.37. The molecule has 0 fully saturated rings. The molecule has 0 bridgehead atoms. The number of ether oxygens (including phenoxy) is 1. The first-order valence-corrected chi connectivity index (χ1v) is 6.87. The van der Waals surface area contributed by atoms with Crippen LogP contribution in [0, 0.1) is 6.92 Å². The average molecular weight is 260 g/mol. The topological polar surface area (TPSA) is 28.3 Å². The SMILES string of the molecule is COc1cc(C)c2[nH]cc(CCN(C)C(C)C)c2c1. The van der Waals surface area contributed by atoms with Gasteiger partial charge in [-0.2, -0.15) is 0 Å². The minimum Gasteiger partial charge on any atom is -0.497 e. The lowest BCUT2D eigenvalue weighted by atomic mass is 10.1. The van der Waals surface area contributed by atoms with E-state index in [1.54, 1.807) is 7.11 Å². The summed E-state index contributed by atoms with van der Waals surface area (Å²) < 4.78 is 5.37. The first kappa shape index (κ1) is 13.9. The molecule has 0 amide bonds. The van der Waals surface area contributed by atoms with Crippen LogP contribution in [0.15, 0.2) is 18.3 Å². The Morgan fingerprint density at radius 3 is 2.68 bits per heavy atom. The van der Waals surface area contributed by atoms with Crippen LogP contribution in [-0.4, -0.2) is 36.6 Å². The Kier molecular flexibility index (Phi) is 4.15. The molecule has 0 aliphatic carbocycles. The number of benzene rings is 1. The van der Waals surface area contributed by atoms with Gasteiger partial charge in [0.1, 0.15) is 5.75 Å². The molecule has 0 saturated carbocycles. The third-order valence-electron chi connectivity index (χ3n) is 3.90. The Morgan fingerprint density at radius 2 is 2.05 bits per heavy atom. The van der Waals surface area contributed by atoms with Gasteiger partial charge in [0.15, 0.2) is 0 Å². The highest BCUT2D eigenvalue weighted by atomic mass is 16.5. The maximum absolute atomic E-state index is 5.37. The van der Waals surface area contributed by atoms with Crippen molar-refractivity contribution < 1.29 is 4.74 Å². The molecule has 3 nitrogen and oxygen atoms in total. The number of aryl methyl sites for hydroxylation is 1. The van der Waals surface area contributed by atoms with Gasteiger partial charge in [-0.05, 0) is 57.5 Å². The number of H-pyrrole nitrogens is 1. The molecule has 0 aliphatic rings. The maximum Gasteiger partial charge on any atom is 0.119 e. The number of methoxy groups -OCH3 is 1. The number of nitrogens with zero attached hydrogens (tertiary/aromatic N) is 1. The molecule has 1 aromatic heterocycles. The number of rotatable bonds is 5. The Balaban J connectivity index is 2.26. The van der Waals surface area contributed by atoms with Crippen molar-refractivity contribution in [2.24, 2.45) is 0 Å². The molecule has 1 N–H and O–H groups in total. The third-order valence-corrected chi connectivity index (χ3v) is 3.90. The second-order valence-corrected chi connectivity index (χ2v) is 5.51. The van der Waals surface area contributed by atoms with E-state index < -0.39 is 0 Å². The number of fused-ring (bicyclic) bond motifs is 1. The van der Waals surface area contributed by atoms with Gasteiger partial charge < -0.3 is 14.6 Å². The highest BCUT2D eigenvalue weighted by Gasteiger charge is 2.10. The Bertz CT molecular complexity index is 557. The van der Waals surface area contributed by atoms with Crippen molar-refractivity contribution in [2.45, 2.75) is 33.2 Å². The van der Waals surface area contributed by atoms with E-state index in [1.807, 2.05) is 0 Å². The van der Waals surface area contributed by atoms with Crippen molar-refractivity contribution in [1.29, 1.82) is 0 Å². The van der Waals surface area contributed by atoms with E-state index in [4.69, 9.17) is 4.74 Å². The number of aromatic nitrogens is 1. The van der Waals surface area contributed by atoms with Crippen LogP contribution in [0.3, 0.4) is 0 Å². The number of nitrogens with one attached hydrogen (secondary N) is 1. The van der Waals surface area contributed by atoms with Crippen LogP contribution in [-0.2, 0) is 6.42 Å². The highest BCUT2D eigenvalue weighted by molar-refractivity contribution is 5.87. The first-order valence-electron chi connectivity index (χ1n) is 6.87. The van der Waals surface area contributed by atoms with Crippen molar-refractivity contribution in [3.8, 4) is 5.75 Å². The fraction of sp³-hybridized carbons (Fsp3) is 0.500. The van der Waals surface area contributed by atoms with Gasteiger partial charge >= 0.3 is 0 Å². The van der Waals surface area contributed by atoms with Crippen molar-refractivity contribution in [2.75, 3.05) is 20.7 Å². The zero-order valence-electron chi connectivity index (χ0n) is 12.6. The normalized spacial score (nSPS) is 11.7. The van der Waals surface area contributed by atoms with E-state index in [1.165, 1.54) is 22.0 Å². The molecule has 2 rings (SSSR count). The van der Waals surface area contributed by atoms with Gasteiger partial charge in [-0.3, -0.25) is 0 Å². The van der Waals surface area contributed by atoms with Gasteiger partial charge in [-0.15, -0.1) is 0 Å². The average Bonchev–Trinajstić information content (AvgIpc) is 2.79. The third kappa shape index (κ3) is 2.92. The van der Waals surface area contributed by atoms with Crippen LogP contribution in [0.2, 0.25) is 0 Å². The monoisotopic (exact) mass is 260 g/mol. The standard InChI is InChI=1S/C16H24N2O/c1-11(2)18(4)7-6-13-10-17-16-12(3)8-14(19-5)9-15(13)16/h8-11,17H,6-7H2,1-5H3. The van der Waals surface area contributed by atoms with E-state index >= 15 is 0 Å². The smallest absolute Gasteiger partial charge is 0.119 e. The Hall–Kier alpha value is -1.48. The summed E-state index contributed by atoms with van der Waals surface area (Å²) in [6.45, 7) is 7.64. The van der Waals surface area contributed by atoms with E-state index in [0.717, 1.165) is 18.7 Å². The number of likely N-dealkylation sites (N-methyl/N-ethyl adjacent to an activating group) is 1. The lowest BCUT2D eigenvalue weighted by molar-refractivity contribution is 0.278. The molecule has 1 aromatic carbocycles. The minimum atomic E-state index is 0.585. The van der Waals surface area contributed by atoms with Crippen LogP contribution in [0.1, 0.15) is 25.0 Å². The number of aromatic amines is 1. The van der Waals surface area contributed by atoms with E-state index in [9.17, 15) is 0 Å². The predicted molar refractivity (Wildman–Crippen MR) is 81.1 cm³/mol. The molecular weight excluding hydrogens is 236 g/mol. The van der Waals surface area contributed by atoms with Gasteiger partial charge in [0.25, 0.3) is 0 Å². The molecule has 1 heterocycles. The second kappa shape index (κ2) is 5.66. The molecule has 3 heteroatoms. The van der Waals surface area contributed by atoms with Gasteiger partial charge in [0.2, 0.25) is 0 Å². The minimum absolute atomic E-state index is 0.585. The summed E-state index contributed by atoms with van der Waals surface area (Å²) in [4.78, 5) is 5.75. The zero-order valence-corrected chi connectivity index (χ0v) is 12.6. The summed E-state index contributed by atoms with van der Waals surface area (Å²) in [5.74, 6) is 0.933. The van der Waals surface area contributed by atoms with Crippen molar-refractivity contribution in [1.82, 2.24) is 9.88 Å². The highest BCUT2D eigenvalue weighted by Crippen LogP contribution is 2.27. The van der Waals surface area contributed by atoms with Crippen molar-refractivity contribution in [3.05, 3.63) is 29.5 Å². The molecule has 0 spiro atoms. The van der Waals surface area contributed by atoms with E-state index in [0.29, 0.717) is 6.04 Å². The number of hydrogen-bond donors (Lipinski definition) is 1. The van der Waals surface area contributed by atoms with E-state index in [-0.39, 0.29) is 0 Å². The molecule has 0 saturated heterocycles. The van der Waals surface area contributed by atoms with Crippen LogP contribution < -0.4 is 4.74 Å². The predicted octanol–water partition coefficient (Wildman–Crippen LogP) is 3.37. The van der Waals surface area contributed by atoms with Gasteiger partial charge in [0, 0.05) is 29.7 Å². The molecule has 0 unspecified atom stereocenters. The summed E-state index contributed by atoms with van der Waals surface area (Å²) in [7, 11) is 3.89. The molecule has 0 radical (unpaired) electrons. The van der Waals surface area contributed by atoms with Crippen LogP contribution >= 0.6 is 0 Å². The lowest BCUT2D eigenvalue weighted by Crippen LogP contribution is -2.28. The van der Waals surface area contributed by atoms with Crippen LogP contribution in [0.4, 0.5) is 0 Å². The largest absolute Gasteiger partial charge is 0.497 e. The summed E-state index contributed by atoms with van der Waals surface area (Å²) in [6, 6.07) is 4.79. The molecule has 0 atom stereocenters.